The van der Waals surface area contributed by atoms with Crippen LogP contribution in [0.15, 0.2) is 53.1 Å². The summed E-state index contributed by atoms with van der Waals surface area (Å²) in [4.78, 5) is 19.0. The van der Waals surface area contributed by atoms with Gasteiger partial charge < -0.3 is 14.1 Å². The second kappa shape index (κ2) is 10.5. The zero-order valence-electron chi connectivity index (χ0n) is 17.5. The maximum Gasteiger partial charge on any atom is 0.289 e. The van der Waals surface area contributed by atoms with E-state index in [1.807, 2.05) is 18.2 Å². The van der Waals surface area contributed by atoms with E-state index in [9.17, 15) is 4.79 Å². The van der Waals surface area contributed by atoms with E-state index in [0.29, 0.717) is 52.8 Å². The lowest BCUT2D eigenvalue weighted by Gasteiger charge is -2.19. The molecule has 2 aromatic heterocycles. The van der Waals surface area contributed by atoms with Crippen LogP contribution in [0.2, 0.25) is 15.1 Å². The van der Waals surface area contributed by atoms with Gasteiger partial charge in [0.05, 0.1) is 34.2 Å². The van der Waals surface area contributed by atoms with Crippen molar-refractivity contribution < 1.29 is 13.9 Å². The number of carbonyl (C=O) groups excluding carboxylic acids is 1. The average Bonchev–Trinajstić information content (AvgIpc) is 3.44. The van der Waals surface area contributed by atoms with Crippen molar-refractivity contribution in [2.24, 2.45) is 5.92 Å². The lowest BCUT2D eigenvalue weighted by atomic mass is 9.87. The second-order valence-corrected chi connectivity index (χ2v) is 9.05. The Morgan fingerprint density at radius 1 is 1.15 bits per heavy atom. The Hall–Kier alpha value is -2.72. The van der Waals surface area contributed by atoms with Crippen LogP contribution < -0.4 is 4.74 Å². The lowest BCUT2D eigenvalue weighted by molar-refractivity contribution is 0.0751. The SMILES string of the molecule is N#CCc1ccc(C(=O)N2C[C@@H](CCOc3ccc(Cl)cn3)[C@@H](c3ccc(Cl)c(Cl)c3)C2)o1. The molecule has 0 spiro atoms. The third-order valence-corrected chi connectivity index (χ3v) is 6.63. The van der Waals surface area contributed by atoms with Gasteiger partial charge in [-0.25, -0.2) is 4.98 Å². The fourth-order valence-corrected chi connectivity index (χ4v) is 4.45. The number of carbonyl (C=O) groups is 1. The molecule has 33 heavy (non-hydrogen) atoms. The number of rotatable bonds is 7. The Morgan fingerprint density at radius 3 is 2.73 bits per heavy atom. The number of pyridine rings is 1. The highest BCUT2D eigenvalue weighted by atomic mass is 35.5. The predicted octanol–water partition coefficient (Wildman–Crippen LogP) is 6.03. The molecular weight excluding hydrogens is 485 g/mol. The first-order valence-electron chi connectivity index (χ1n) is 10.4. The number of benzene rings is 1. The number of aromatic nitrogens is 1. The summed E-state index contributed by atoms with van der Waals surface area (Å²) in [7, 11) is 0. The largest absolute Gasteiger partial charge is 0.478 e. The molecule has 1 aliphatic rings. The number of nitriles is 1. The lowest BCUT2D eigenvalue weighted by Crippen LogP contribution is -2.28. The fourth-order valence-electron chi connectivity index (χ4n) is 4.03. The smallest absolute Gasteiger partial charge is 0.289 e. The molecule has 2 atom stereocenters. The molecule has 0 bridgehead atoms. The van der Waals surface area contributed by atoms with Crippen molar-refractivity contribution in [1.82, 2.24) is 9.88 Å². The third kappa shape index (κ3) is 5.62. The number of hydrogen-bond acceptors (Lipinski definition) is 5. The molecule has 9 heteroatoms. The number of likely N-dealkylation sites (tertiary alicyclic amines) is 1. The van der Waals surface area contributed by atoms with E-state index in [2.05, 4.69) is 4.98 Å². The summed E-state index contributed by atoms with van der Waals surface area (Å²) in [5, 5.41) is 10.4. The third-order valence-electron chi connectivity index (χ3n) is 5.66. The molecule has 4 rings (SSSR count). The zero-order valence-corrected chi connectivity index (χ0v) is 19.8. The summed E-state index contributed by atoms with van der Waals surface area (Å²) < 4.78 is 11.4. The summed E-state index contributed by atoms with van der Waals surface area (Å²) in [6.07, 6.45) is 2.37. The van der Waals surface area contributed by atoms with Crippen LogP contribution in [0.3, 0.4) is 0 Å². The van der Waals surface area contributed by atoms with Crippen LogP contribution in [0.5, 0.6) is 5.88 Å². The number of nitrogens with zero attached hydrogens (tertiary/aromatic N) is 3. The summed E-state index contributed by atoms with van der Waals surface area (Å²) in [5.74, 6) is 1.19. The number of ether oxygens (including phenoxy) is 1. The molecule has 0 radical (unpaired) electrons. The highest BCUT2D eigenvalue weighted by molar-refractivity contribution is 6.42. The van der Waals surface area contributed by atoms with Crippen LogP contribution in [-0.2, 0) is 6.42 Å². The van der Waals surface area contributed by atoms with Crippen LogP contribution >= 0.6 is 34.8 Å². The molecule has 3 aromatic rings. The van der Waals surface area contributed by atoms with Gasteiger partial charge in [-0.15, -0.1) is 0 Å². The maximum absolute atomic E-state index is 13.1. The number of furan rings is 1. The van der Waals surface area contributed by atoms with Crippen molar-refractivity contribution in [3.8, 4) is 11.9 Å². The molecule has 1 aromatic carbocycles. The molecule has 0 unspecified atom stereocenters. The standard InChI is InChI=1S/C24H20Cl3N3O3/c25-17-2-6-23(29-12-17)32-10-8-16-13-30(24(31)22-5-3-18(33-22)7-9-28)14-19(16)15-1-4-20(26)21(27)11-15/h1-6,11-12,16,19H,7-8,10,13-14H2/t16-,19-/m1/s1. The van der Waals surface area contributed by atoms with Gasteiger partial charge in [0, 0.05) is 31.3 Å². The minimum atomic E-state index is -0.202. The summed E-state index contributed by atoms with van der Waals surface area (Å²) in [5.41, 5.74) is 1.01. The van der Waals surface area contributed by atoms with Gasteiger partial charge in [-0.05, 0) is 48.2 Å². The van der Waals surface area contributed by atoms with Crippen LogP contribution in [0, 0.1) is 17.2 Å². The van der Waals surface area contributed by atoms with Gasteiger partial charge in [0.2, 0.25) is 5.88 Å². The summed E-state index contributed by atoms with van der Waals surface area (Å²) in [6.45, 7) is 1.48. The average molecular weight is 505 g/mol. The quantitative estimate of drug-likeness (QED) is 0.393. The Labute approximate surface area is 206 Å². The Morgan fingerprint density at radius 2 is 2.00 bits per heavy atom. The Kier molecular flexibility index (Phi) is 7.44. The molecule has 1 saturated heterocycles. The van der Waals surface area contributed by atoms with E-state index < -0.39 is 0 Å². The molecule has 1 amide bonds. The first kappa shape index (κ1) is 23.4. The van der Waals surface area contributed by atoms with E-state index in [1.54, 1.807) is 35.2 Å². The van der Waals surface area contributed by atoms with E-state index in [1.165, 1.54) is 6.20 Å². The summed E-state index contributed by atoms with van der Waals surface area (Å²) >= 11 is 18.2. The van der Waals surface area contributed by atoms with Crippen LogP contribution in [0.25, 0.3) is 0 Å². The van der Waals surface area contributed by atoms with Crippen LogP contribution in [0.1, 0.15) is 34.2 Å². The molecule has 170 valence electrons. The van der Waals surface area contributed by atoms with Crippen molar-refractivity contribution in [3.05, 3.63) is 80.8 Å². The van der Waals surface area contributed by atoms with Crippen molar-refractivity contribution in [2.75, 3.05) is 19.7 Å². The highest BCUT2D eigenvalue weighted by Gasteiger charge is 2.37. The van der Waals surface area contributed by atoms with Crippen molar-refractivity contribution >= 4 is 40.7 Å². The highest BCUT2D eigenvalue weighted by Crippen LogP contribution is 2.38. The topological polar surface area (TPSA) is 79.4 Å². The van der Waals surface area contributed by atoms with Gasteiger partial charge >= 0.3 is 0 Å². The van der Waals surface area contributed by atoms with Gasteiger partial charge in [0.15, 0.2) is 5.76 Å². The van der Waals surface area contributed by atoms with Gasteiger partial charge in [0.1, 0.15) is 5.76 Å². The predicted molar refractivity (Wildman–Crippen MR) is 126 cm³/mol. The Bertz CT molecular complexity index is 1170. The van der Waals surface area contributed by atoms with Crippen LogP contribution in [-0.4, -0.2) is 35.5 Å². The second-order valence-electron chi connectivity index (χ2n) is 7.80. The number of halogens is 3. The zero-order chi connectivity index (χ0) is 23.4. The van der Waals surface area contributed by atoms with Crippen LogP contribution in [0.4, 0.5) is 0 Å². The fraction of sp³-hybridized carbons (Fsp3) is 0.292. The van der Waals surface area contributed by atoms with Gasteiger partial charge in [-0.3, -0.25) is 4.79 Å². The first-order valence-corrected chi connectivity index (χ1v) is 11.5. The molecule has 0 aliphatic carbocycles. The molecule has 3 heterocycles. The van der Waals surface area contributed by atoms with Gasteiger partial charge in [-0.2, -0.15) is 5.26 Å². The number of amides is 1. The van der Waals surface area contributed by atoms with E-state index in [4.69, 9.17) is 49.2 Å². The molecule has 1 fully saturated rings. The normalized spacial score (nSPS) is 17.7. The van der Waals surface area contributed by atoms with Crippen molar-refractivity contribution in [1.29, 1.82) is 5.26 Å². The minimum absolute atomic E-state index is 0.0547. The molecular formula is C24H20Cl3N3O3. The van der Waals surface area contributed by atoms with Crippen molar-refractivity contribution in [2.45, 2.75) is 18.8 Å². The first-order chi connectivity index (χ1) is 15.9. The minimum Gasteiger partial charge on any atom is -0.478 e. The molecule has 1 aliphatic heterocycles. The van der Waals surface area contributed by atoms with E-state index in [-0.39, 0.29) is 29.9 Å². The van der Waals surface area contributed by atoms with E-state index >= 15 is 0 Å². The van der Waals surface area contributed by atoms with E-state index in [0.717, 1.165) is 5.56 Å². The monoisotopic (exact) mass is 503 g/mol. The number of hydrogen-bond donors (Lipinski definition) is 0. The molecule has 6 nitrogen and oxygen atoms in total. The van der Waals surface area contributed by atoms with Crippen molar-refractivity contribution in [3.63, 3.8) is 0 Å². The van der Waals surface area contributed by atoms with Gasteiger partial charge in [-0.1, -0.05) is 40.9 Å². The summed E-state index contributed by atoms with van der Waals surface area (Å²) in [6, 6.07) is 14.3. The maximum atomic E-state index is 13.1. The molecule has 0 N–H and O–H groups in total. The van der Waals surface area contributed by atoms with Gasteiger partial charge in [0.25, 0.3) is 5.91 Å². The molecule has 0 saturated carbocycles. The Balaban J connectivity index is 1.49.